The quantitative estimate of drug-likeness (QED) is 0.578. The number of rotatable bonds is 3. The molecule has 2 unspecified atom stereocenters. The van der Waals surface area contributed by atoms with Crippen LogP contribution in [0.2, 0.25) is 0 Å². The van der Waals surface area contributed by atoms with E-state index in [1.54, 1.807) is 13.8 Å². The first-order chi connectivity index (χ1) is 13.6. The molecule has 9 nitrogen and oxygen atoms in total. The summed E-state index contributed by atoms with van der Waals surface area (Å²) in [5.41, 5.74) is 2.69. The third-order valence-corrected chi connectivity index (χ3v) is 8.24. The number of aliphatic hydroxyl groups is 2. The van der Waals surface area contributed by atoms with E-state index in [1.807, 2.05) is 0 Å². The number of thiazole rings is 1. The summed E-state index contributed by atoms with van der Waals surface area (Å²) in [6, 6.07) is -0.832. The van der Waals surface area contributed by atoms with Crippen LogP contribution in [0.3, 0.4) is 0 Å². The highest BCUT2D eigenvalue weighted by molar-refractivity contribution is 7.93. The van der Waals surface area contributed by atoms with Gasteiger partial charge in [-0.15, -0.1) is 15.7 Å². The molecule has 0 fully saturated rings. The molecule has 0 aliphatic heterocycles. The van der Waals surface area contributed by atoms with Crippen molar-refractivity contribution in [2.75, 3.05) is 5.32 Å². The summed E-state index contributed by atoms with van der Waals surface area (Å²) < 4.78 is 16.5. The van der Waals surface area contributed by atoms with Gasteiger partial charge < -0.3 is 15.5 Å². The second-order valence-corrected chi connectivity index (χ2v) is 10.8. The molecule has 2 amide bonds. The number of amides is 2. The number of nitrogens with zero attached hydrogens (tertiary/aromatic N) is 3. The van der Waals surface area contributed by atoms with Gasteiger partial charge in [-0.1, -0.05) is 0 Å². The van der Waals surface area contributed by atoms with Crippen LogP contribution in [0.5, 0.6) is 0 Å². The number of aryl methyl sites for hydroxylation is 1. The Balaban J connectivity index is 1.66. The van der Waals surface area contributed by atoms with Crippen molar-refractivity contribution < 1.29 is 19.2 Å². The number of pyridine rings is 1. The molecule has 0 aromatic carbocycles. The lowest BCUT2D eigenvalue weighted by Crippen LogP contribution is -2.19. The number of fused-ring (bicyclic) bond motifs is 2. The second kappa shape index (κ2) is 7.10. The summed E-state index contributed by atoms with van der Waals surface area (Å²) in [6.07, 6.45) is 4.39. The number of anilines is 1. The van der Waals surface area contributed by atoms with Crippen molar-refractivity contribution in [3.8, 4) is 0 Å². The van der Waals surface area contributed by atoms with E-state index < -0.39 is 27.7 Å². The van der Waals surface area contributed by atoms with Gasteiger partial charge in [0.2, 0.25) is 4.34 Å². The molecule has 0 saturated heterocycles. The van der Waals surface area contributed by atoms with E-state index in [-0.39, 0.29) is 4.34 Å². The van der Waals surface area contributed by atoms with Crippen LogP contribution >= 0.6 is 11.3 Å². The zero-order chi connectivity index (χ0) is 21.0. The Kier molecular flexibility index (Phi) is 4.98. The average molecular weight is 438 g/mol. The molecule has 2 aromatic rings. The van der Waals surface area contributed by atoms with Crippen molar-refractivity contribution in [1.82, 2.24) is 9.97 Å². The fourth-order valence-electron chi connectivity index (χ4n) is 3.71. The molecule has 0 saturated carbocycles. The number of hydrogen-bond donors (Lipinski definition) is 4. The van der Waals surface area contributed by atoms with Crippen molar-refractivity contribution in [1.29, 1.82) is 0 Å². The first-order valence-corrected chi connectivity index (χ1v) is 11.7. The molecule has 0 radical (unpaired) electrons. The van der Waals surface area contributed by atoms with Gasteiger partial charge in [-0.05, 0) is 51.5 Å². The second-order valence-electron chi connectivity index (χ2n) is 7.82. The van der Waals surface area contributed by atoms with Crippen LogP contribution in [0.1, 0.15) is 60.2 Å². The predicted octanol–water partition coefficient (Wildman–Crippen LogP) is 2.17. The topological polar surface area (TPSA) is 151 Å². The molecule has 156 valence electrons. The number of hydrogen-bond acceptors (Lipinski definition) is 7. The number of aromatic nitrogens is 2. The van der Waals surface area contributed by atoms with Crippen LogP contribution in [-0.4, -0.2) is 30.4 Å². The molecule has 5 N–H and O–H groups in total. The number of urea groups is 1. The smallest absolute Gasteiger partial charge is 0.354 e. The molecule has 2 heterocycles. The van der Waals surface area contributed by atoms with Gasteiger partial charge in [0.1, 0.15) is 0 Å². The molecule has 4 rings (SSSR count). The minimum atomic E-state index is -3.56. The van der Waals surface area contributed by atoms with Crippen molar-refractivity contribution in [2.24, 2.45) is 9.50 Å². The molecule has 2 aliphatic carbocycles. The highest BCUT2D eigenvalue weighted by Crippen LogP contribution is 2.40. The fourth-order valence-corrected chi connectivity index (χ4v) is 5.79. The van der Waals surface area contributed by atoms with E-state index in [1.165, 1.54) is 6.20 Å². The highest BCUT2D eigenvalue weighted by atomic mass is 32.2. The Morgan fingerprint density at radius 1 is 1.38 bits per heavy atom. The molecule has 0 spiro atoms. The predicted molar refractivity (Wildman–Crippen MR) is 109 cm³/mol. The third-order valence-electron chi connectivity index (χ3n) is 5.13. The van der Waals surface area contributed by atoms with Gasteiger partial charge in [-0.3, -0.25) is 4.98 Å². The molecular formula is C18H23N5O4S2. The van der Waals surface area contributed by atoms with Gasteiger partial charge in [0.05, 0.1) is 28.0 Å². The first-order valence-electron chi connectivity index (χ1n) is 9.33. The van der Waals surface area contributed by atoms with Crippen LogP contribution in [0, 0.1) is 0 Å². The Morgan fingerprint density at radius 2 is 2.14 bits per heavy atom. The zero-order valence-corrected chi connectivity index (χ0v) is 17.8. The van der Waals surface area contributed by atoms with Gasteiger partial charge in [-0.25, -0.2) is 19.1 Å². The minimum absolute atomic E-state index is 0.0228. The van der Waals surface area contributed by atoms with E-state index in [0.717, 1.165) is 47.4 Å². The highest BCUT2D eigenvalue weighted by Gasteiger charge is 2.31. The Morgan fingerprint density at radius 3 is 2.83 bits per heavy atom. The maximum Gasteiger partial charge on any atom is 0.354 e. The fraction of sp³-hybridized carbons (Fsp3) is 0.500. The van der Waals surface area contributed by atoms with E-state index >= 15 is 0 Å². The molecular weight excluding hydrogens is 414 g/mol. The lowest BCUT2D eigenvalue weighted by Gasteiger charge is -2.15. The summed E-state index contributed by atoms with van der Waals surface area (Å²) in [7, 11) is -3.56. The van der Waals surface area contributed by atoms with Gasteiger partial charge in [-0.2, -0.15) is 0 Å². The van der Waals surface area contributed by atoms with Crippen molar-refractivity contribution in [3.63, 3.8) is 0 Å². The summed E-state index contributed by atoms with van der Waals surface area (Å²) in [5.74, 6) is 0. The zero-order valence-electron chi connectivity index (χ0n) is 16.1. The van der Waals surface area contributed by atoms with E-state index in [9.17, 15) is 19.2 Å². The van der Waals surface area contributed by atoms with Crippen LogP contribution in [-0.2, 0) is 34.8 Å². The summed E-state index contributed by atoms with van der Waals surface area (Å²) in [6.45, 7) is 3.15. The Labute approximate surface area is 172 Å². The molecule has 11 heteroatoms. The van der Waals surface area contributed by atoms with E-state index in [2.05, 4.69) is 19.6 Å². The Bertz CT molecular complexity index is 1110. The molecule has 2 aromatic heterocycles. The number of aliphatic hydroxyl groups excluding tert-OH is 1. The largest absolute Gasteiger partial charge is 0.387 e. The van der Waals surface area contributed by atoms with Crippen molar-refractivity contribution in [2.45, 2.75) is 62.0 Å². The summed E-state index contributed by atoms with van der Waals surface area (Å²) >= 11 is 0.957. The molecule has 0 bridgehead atoms. The SMILES string of the molecule is CC(C)(O)c1cnc(S(N)(=O)=NC(=O)Nc2c3c(nc4c2CCC4O)CCC3)s1. The minimum Gasteiger partial charge on any atom is -0.387 e. The van der Waals surface area contributed by atoms with Crippen LogP contribution in [0.15, 0.2) is 14.9 Å². The maximum absolute atomic E-state index is 12.8. The maximum atomic E-state index is 12.8. The molecule has 2 atom stereocenters. The number of nitrogens with one attached hydrogen (secondary N) is 1. The van der Waals surface area contributed by atoms with Crippen molar-refractivity contribution >= 4 is 33.0 Å². The van der Waals surface area contributed by atoms with Crippen LogP contribution in [0.25, 0.3) is 0 Å². The molecule has 29 heavy (non-hydrogen) atoms. The van der Waals surface area contributed by atoms with Crippen LogP contribution < -0.4 is 10.5 Å². The third kappa shape index (κ3) is 3.80. The average Bonchev–Trinajstić information content (AvgIpc) is 3.33. The van der Waals surface area contributed by atoms with Gasteiger partial charge in [0, 0.05) is 17.5 Å². The standard InChI is InChI=1S/C18H23N5O4S2/c1-18(2,26)13-8-20-17(28-13)29(19,27)23-16(25)22-14-9-4-3-5-11(9)21-15-10(14)6-7-12(15)24/h8,12,24,26H,3-7H2,1-2H3,(H3,19,21,22,23,25,27). The normalized spacial score (nSPS) is 20.1. The van der Waals surface area contributed by atoms with Gasteiger partial charge in [0.15, 0.2) is 9.92 Å². The number of carbonyl (C=O) groups is 1. The van der Waals surface area contributed by atoms with E-state index in [0.29, 0.717) is 29.1 Å². The first kappa shape index (κ1) is 20.4. The number of carbonyl (C=O) groups excluding carboxylic acids is 1. The monoisotopic (exact) mass is 437 g/mol. The van der Waals surface area contributed by atoms with Crippen LogP contribution in [0.4, 0.5) is 10.5 Å². The lowest BCUT2D eigenvalue weighted by molar-refractivity contribution is 0.0823. The van der Waals surface area contributed by atoms with Gasteiger partial charge in [0.25, 0.3) is 0 Å². The molecule has 2 aliphatic rings. The van der Waals surface area contributed by atoms with Gasteiger partial charge >= 0.3 is 6.03 Å². The van der Waals surface area contributed by atoms with E-state index in [4.69, 9.17) is 5.14 Å². The Hall–Kier alpha value is -1.92. The summed E-state index contributed by atoms with van der Waals surface area (Å²) in [5, 5.41) is 28.8. The summed E-state index contributed by atoms with van der Waals surface area (Å²) in [4.78, 5) is 21.6. The van der Waals surface area contributed by atoms with Crippen molar-refractivity contribution in [3.05, 3.63) is 33.6 Å². The number of nitrogens with two attached hydrogens (primary N) is 1. The lowest BCUT2D eigenvalue weighted by atomic mass is 10.1.